The SMILES string of the molecule is CN(C)C.CN(C)CCOC(c1ccccc1)c1ccccc1. The first-order valence-corrected chi connectivity index (χ1v) is 7.98. The van der Waals surface area contributed by atoms with Crippen LogP contribution < -0.4 is 0 Å². The molecule has 0 aliphatic rings. The Balaban J connectivity index is 0.000000593. The molecule has 3 heteroatoms. The largest absolute Gasteiger partial charge is 0.367 e. The number of benzene rings is 2. The Morgan fingerprint density at radius 2 is 1.13 bits per heavy atom. The molecule has 0 N–H and O–H groups in total. The summed E-state index contributed by atoms with van der Waals surface area (Å²) in [6, 6.07) is 20.8. The van der Waals surface area contributed by atoms with E-state index in [9.17, 15) is 0 Å². The molecule has 0 bridgehead atoms. The first kappa shape index (κ1) is 19.4. The van der Waals surface area contributed by atoms with Gasteiger partial charge in [-0.2, -0.15) is 0 Å². The first-order valence-electron chi connectivity index (χ1n) is 7.98. The van der Waals surface area contributed by atoms with E-state index in [-0.39, 0.29) is 6.10 Å². The van der Waals surface area contributed by atoms with Crippen molar-refractivity contribution in [1.29, 1.82) is 0 Å². The maximum Gasteiger partial charge on any atom is 0.108 e. The maximum absolute atomic E-state index is 6.08. The van der Waals surface area contributed by atoms with Gasteiger partial charge in [0.1, 0.15) is 6.10 Å². The van der Waals surface area contributed by atoms with Gasteiger partial charge in [-0.25, -0.2) is 0 Å². The molecule has 0 unspecified atom stereocenters. The highest BCUT2D eigenvalue weighted by atomic mass is 16.5. The fourth-order valence-electron chi connectivity index (χ4n) is 1.99. The predicted molar refractivity (Wildman–Crippen MR) is 98.8 cm³/mol. The number of nitrogens with zero attached hydrogens (tertiary/aromatic N) is 2. The van der Waals surface area contributed by atoms with E-state index in [1.807, 2.05) is 38.2 Å². The van der Waals surface area contributed by atoms with Crippen LogP contribution in [0.25, 0.3) is 0 Å². The van der Waals surface area contributed by atoms with Gasteiger partial charge in [0, 0.05) is 6.54 Å². The van der Waals surface area contributed by atoms with Crippen LogP contribution in [0, 0.1) is 0 Å². The lowest BCUT2D eigenvalue weighted by Crippen LogP contribution is -2.20. The van der Waals surface area contributed by atoms with Gasteiger partial charge in [-0.15, -0.1) is 0 Å². The summed E-state index contributed by atoms with van der Waals surface area (Å²) in [6.45, 7) is 1.65. The van der Waals surface area contributed by atoms with E-state index in [0.717, 1.165) is 13.2 Å². The second kappa shape index (κ2) is 10.9. The molecular formula is C20H30N2O. The standard InChI is InChI=1S/C17H21NO.C3H9N/c1-18(2)13-14-19-17(15-9-5-3-6-10-15)16-11-7-4-8-12-16;1-4(2)3/h3-12,17H,13-14H2,1-2H3;1-3H3. The molecule has 126 valence electrons. The van der Waals surface area contributed by atoms with Gasteiger partial charge in [-0.3, -0.25) is 0 Å². The molecule has 0 aliphatic carbocycles. The molecule has 3 nitrogen and oxygen atoms in total. The summed E-state index contributed by atoms with van der Waals surface area (Å²) in [5.74, 6) is 0. The molecule has 0 aromatic heterocycles. The summed E-state index contributed by atoms with van der Waals surface area (Å²) in [6.07, 6.45) is 0.0161. The van der Waals surface area contributed by atoms with E-state index in [1.165, 1.54) is 11.1 Å². The quantitative estimate of drug-likeness (QED) is 0.811. The van der Waals surface area contributed by atoms with Gasteiger partial charge in [0.05, 0.1) is 6.61 Å². The fraction of sp³-hybridized carbons (Fsp3) is 0.400. The molecule has 0 heterocycles. The Morgan fingerprint density at radius 1 is 0.739 bits per heavy atom. The van der Waals surface area contributed by atoms with Crippen molar-refractivity contribution in [2.45, 2.75) is 6.10 Å². The van der Waals surface area contributed by atoms with Crippen LogP contribution in [-0.4, -0.2) is 58.2 Å². The van der Waals surface area contributed by atoms with Crippen LogP contribution in [0.1, 0.15) is 17.2 Å². The lowest BCUT2D eigenvalue weighted by atomic mass is 10.0. The Bertz CT molecular complexity index is 469. The summed E-state index contributed by atoms with van der Waals surface area (Å²) in [4.78, 5) is 4.13. The lowest BCUT2D eigenvalue weighted by molar-refractivity contribution is 0.0687. The van der Waals surface area contributed by atoms with Crippen LogP contribution in [0.4, 0.5) is 0 Å². The molecule has 23 heavy (non-hydrogen) atoms. The zero-order valence-corrected chi connectivity index (χ0v) is 15.1. The van der Waals surface area contributed by atoms with E-state index in [2.05, 4.69) is 67.5 Å². The number of rotatable bonds is 6. The third-order valence-corrected chi connectivity index (χ3v) is 3.03. The average molecular weight is 314 g/mol. The minimum absolute atomic E-state index is 0.0161. The zero-order valence-electron chi connectivity index (χ0n) is 15.1. The maximum atomic E-state index is 6.08. The van der Waals surface area contributed by atoms with Gasteiger partial charge in [0.2, 0.25) is 0 Å². The average Bonchev–Trinajstić information content (AvgIpc) is 2.52. The Kier molecular flexibility index (Phi) is 9.22. The summed E-state index contributed by atoms with van der Waals surface area (Å²) < 4.78 is 6.08. The topological polar surface area (TPSA) is 15.7 Å². The van der Waals surface area contributed by atoms with Crippen LogP contribution in [0.2, 0.25) is 0 Å². The van der Waals surface area contributed by atoms with Gasteiger partial charge in [-0.05, 0) is 46.4 Å². The lowest BCUT2D eigenvalue weighted by Gasteiger charge is -2.20. The molecule has 0 saturated heterocycles. The summed E-state index contributed by atoms with van der Waals surface area (Å²) in [7, 11) is 10.1. The van der Waals surface area contributed by atoms with E-state index in [0.29, 0.717) is 0 Å². The molecule has 0 aliphatic heterocycles. The molecular weight excluding hydrogens is 284 g/mol. The molecule has 0 amide bonds. The minimum Gasteiger partial charge on any atom is -0.367 e. The van der Waals surface area contributed by atoms with Crippen molar-refractivity contribution in [3.05, 3.63) is 71.8 Å². The molecule has 0 fully saturated rings. The highest BCUT2D eigenvalue weighted by molar-refractivity contribution is 5.29. The third kappa shape index (κ3) is 8.50. The first-order chi connectivity index (χ1) is 11.0. The van der Waals surface area contributed by atoms with Crippen molar-refractivity contribution in [2.24, 2.45) is 0 Å². The van der Waals surface area contributed by atoms with Crippen LogP contribution in [0.15, 0.2) is 60.7 Å². The number of ether oxygens (including phenoxy) is 1. The molecule has 0 atom stereocenters. The van der Waals surface area contributed by atoms with Crippen molar-refractivity contribution in [3.63, 3.8) is 0 Å². The highest BCUT2D eigenvalue weighted by Gasteiger charge is 2.13. The summed E-state index contributed by atoms with van der Waals surface area (Å²) in [5.41, 5.74) is 2.40. The Morgan fingerprint density at radius 3 is 1.48 bits per heavy atom. The molecule has 2 aromatic carbocycles. The predicted octanol–water partition coefficient (Wildman–Crippen LogP) is 3.53. The Labute approximate surface area is 141 Å². The molecule has 0 spiro atoms. The fourth-order valence-corrected chi connectivity index (χ4v) is 1.99. The third-order valence-electron chi connectivity index (χ3n) is 3.03. The van der Waals surface area contributed by atoms with Crippen molar-refractivity contribution >= 4 is 0 Å². The number of hydrogen-bond acceptors (Lipinski definition) is 3. The second-order valence-corrected chi connectivity index (χ2v) is 6.22. The van der Waals surface area contributed by atoms with E-state index in [1.54, 1.807) is 0 Å². The van der Waals surface area contributed by atoms with Crippen LogP contribution >= 0.6 is 0 Å². The van der Waals surface area contributed by atoms with E-state index in [4.69, 9.17) is 4.74 Å². The molecule has 2 rings (SSSR count). The smallest absolute Gasteiger partial charge is 0.108 e. The number of hydrogen-bond donors (Lipinski definition) is 0. The van der Waals surface area contributed by atoms with E-state index < -0.39 is 0 Å². The van der Waals surface area contributed by atoms with Crippen molar-refractivity contribution < 1.29 is 4.74 Å². The van der Waals surface area contributed by atoms with Crippen molar-refractivity contribution in [1.82, 2.24) is 9.80 Å². The van der Waals surface area contributed by atoms with Gasteiger partial charge in [0.15, 0.2) is 0 Å². The molecule has 0 saturated carbocycles. The van der Waals surface area contributed by atoms with Gasteiger partial charge >= 0.3 is 0 Å². The summed E-state index contributed by atoms with van der Waals surface area (Å²) >= 11 is 0. The number of likely N-dealkylation sites (N-methyl/N-ethyl adjacent to an activating group) is 1. The zero-order chi connectivity index (χ0) is 17.1. The minimum atomic E-state index is 0.0161. The Hall–Kier alpha value is -1.68. The molecule has 2 aromatic rings. The van der Waals surface area contributed by atoms with E-state index >= 15 is 0 Å². The summed E-state index contributed by atoms with van der Waals surface area (Å²) in [5, 5.41) is 0. The highest BCUT2D eigenvalue weighted by Crippen LogP contribution is 2.25. The van der Waals surface area contributed by atoms with Gasteiger partial charge in [-0.1, -0.05) is 60.7 Å². The van der Waals surface area contributed by atoms with Crippen molar-refractivity contribution in [3.8, 4) is 0 Å². The van der Waals surface area contributed by atoms with Crippen LogP contribution in [-0.2, 0) is 4.74 Å². The van der Waals surface area contributed by atoms with Gasteiger partial charge < -0.3 is 14.5 Å². The van der Waals surface area contributed by atoms with Gasteiger partial charge in [0.25, 0.3) is 0 Å². The van der Waals surface area contributed by atoms with Crippen LogP contribution in [0.5, 0.6) is 0 Å². The normalized spacial score (nSPS) is 10.8. The monoisotopic (exact) mass is 314 g/mol. The van der Waals surface area contributed by atoms with Crippen LogP contribution in [0.3, 0.4) is 0 Å². The van der Waals surface area contributed by atoms with Crippen molar-refractivity contribution in [2.75, 3.05) is 48.4 Å². The second-order valence-electron chi connectivity index (χ2n) is 6.22. The molecule has 0 radical (unpaired) electrons.